The smallest absolute Gasteiger partial charge is 0.116 e. The van der Waals surface area contributed by atoms with E-state index < -0.39 is 0 Å². The molecule has 2 aromatic carbocycles. The summed E-state index contributed by atoms with van der Waals surface area (Å²) < 4.78 is 0. The van der Waals surface area contributed by atoms with Gasteiger partial charge in [0.05, 0.1) is 0 Å². The first-order valence-corrected chi connectivity index (χ1v) is 8.79. The van der Waals surface area contributed by atoms with Gasteiger partial charge in [-0.05, 0) is 46.5 Å². The topological polar surface area (TPSA) is 40.5 Å². The Kier molecular flexibility index (Phi) is 4.13. The summed E-state index contributed by atoms with van der Waals surface area (Å²) in [4.78, 5) is 0. The highest BCUT2D eigenvalue weighted by Gasteiger charge is 2.06. The SMILES string of the molecule is Oc1cc2cc(c1)CSCc1cc(O)cc(c1)CSC2. The van der Waals surface area contributed by atoms with Crippen LogP contribution in [0, 0.1) is 0 Å². The molecular formula is C16H16O2S2. The molecule has 2 N–H and O–H groups in total. The number of rotatable bonds is 0. The molecule has 4 bridgehead atoms. The summed E-state index contributed by atoms with van der Waals surface area (Å²) in [6, 6.07) is 11.7. The van der Waals surface area contributed by atoms with Gasteiger partial charge in [-0.15, -0.1) is 0 Å². The van der Waals surface area contributed by atoms with E-state index in [2.05, 4.69) is 12.1 Å². The zero-order valence-electron chi connectivity index (χ0n) is 11.0. The molecule has 0 aliphatic carbocycles. The fourth-order valence-electron chi connectivity index (χ4n) is 2.39. The lowest BCUT2D eigenvalue weighted by Crippen LogP contribution is -1.92. The third kappa shape index (κ3) is 3.44. The van der Waals surface area contributed by atoms with Gasteiger partial charge in [0.15, 0.2) is 0 Å². The molecule has 2 aromatic rings. The summed E-state index contributed by atoms with van der Waals surface area (Å²) >= 11 is 3.60. The minimum absolute atomic E-state index is 0.354. The Bertz CT molecular complexity index is 526. The number of hydrogen-bond donors (Lipinski definition) is 2. The molecule has 0 amide bonds. The van der Waals surface area contributed by atoms with E-state index in [9.17, 15) is 10.2 Å². The van der Waals surface area contributed by atoms with Gasteiger partial charge in [0.1, 0.15) is 11.5 Å². The third-order valence-electron chi connectivity index (χ3n) is 3.15. The monoisotopic (exact) mass is 304 g/mol. The lowest BCUT2D eigenvalue weighted by Gasteiger charge is -2.11. The first kappa shape index (κ1) is 13.7. The van der Waals surface area contributed by atoms with Crippen LogP contribution in [0.1, 0.15) is 22.3 Å². The summed E-state index contributed by atoms with van der Waals surface area (Å²) in [7, 11) is 0. The summed E-state index contributed by atoms with van der Waals surface area (Å²) in [5.74, 6) is 4.20. The van der Waals surface area contributed by atoms with E-state index in [1.165, 1.54) is 0 Å². The van der Waals surface area contributed by atoms with E-state index in [-0.39, 0.29) is 0 Å². The molecule has 104 valence electrons. The predicted octanol–water partition coefficient (Wildman–Crippen LogP) is 4.28. The third-order valence-corrected chi connectivity index (χ3v) is 5.30. The molecule has 1 heterocycles. The van der Waals surface area contributed by atoms with E-state index in [1.54, 1.807) is 23.5 Å². The summed E-state index contributed by atoms with van der Waals surface area (Å²) in [6.45, 7) is 0. The largest absolute Gasteiger partial charge is 0.508 e. The van der Waals surface area contributed by atoms with Crippen molar-refractivity contribution in [3.05, 3.63) is 58.7 Å². The zero-order chi connectivity index (χ0) is 13.9. The normalized spacial score (nSPS) is 15.2. The Balaban J connectivity index is 1.88. The standard InChI is InChI=1S/C16H16O2S2/c17-15-3-11-1-12(4-15)8-20-10-14-2-13(9-19-7-11)5-16(18)6-14/h1-6,17-18H,7-10H2. The molecule has 20 heavy (non-hydrogen) atoms. The zero-order valence-corrected chi connectivity index (χ0v) is 12.6. The van der Waals surface area contributed by atoms with Crippen LogP contribution in [0.15, 0.2) is 36.4 Å². The van der Waals surface area contributed by atoms with Crippen LogP contribution in [0.25, 0.3) is 0 Å². The van der Waals surface area contributed by atoms with Gasteiger partial charge in [-0.1, -0.05) is 12.1 Å². The van der Waals surface area contributed by atoms with E-state index in [1.807, 2.05) is 24.3 Å². The second-order valence-corrected chi connectivity index (χ2v) is 6.97. The Morgan fingerprint density at radius 3 is 1.15 bits per heavy atom. The number of hydrogen-bond acceptors (Lipinski definition) is 4. The molecule has 0 saturated heterocycles. The molecule has 0 aromatic heterocycles. The van der Waals surface area contributed by atoms with Crippen LogP contribution in [0.2, 0.25) is 0 Å². The number of phenols is 2. The highest BCUT2D eigenvalue weighted by Crippen LogP contribution is 2.29. The van der Waals surface area contributed by atoms with Gasteiger partial charge in [0.25, 0.3) is 0 Å². The van der Waals surface area contributed by atoms with Gasteiger partial charge in [-0.2, -0.15) is 23.5 Å². The van der Waals surface area contributed by atoms with E-state index in [4.69, 9.17) is 0 Å². The van der Waals surface area contributed by atoms with Gasteiger partial charge in [-0.3, -0.25) is 0 Å². The minimum atomic E-state index is 0.354. The van der Waals surface area contributed by atoms with Crippen molar-refractivity contribution >= 4 is 23.5 Å². The van der Waals surface area contributed by atoms with Gasteiger partial charge >= 0.3 is 0 Å². The van der Waals surface area contributed by atoms with Crippen LogP contribution < -0.4 is 0 Å². The van der Waals surface area contributed by atoms with Crippen LogP contribution in [0.4, 0.5) is 0 Å². The van der Waals surface area contributed by atoms with Crippen LogP contribution in [0.5, 0.6) is 11.5 Å². The number of thioether (sulfide) groups is 2. The minimum Gasteiger partial charge on any atom is -0.508 e. The molecule has 1 aliphatic rings. The number of benzene rings is 2. The molecule has 0 atom stereocenters. The lowest BCUT2D eigenvalue weighted by molar-refractivity contribution is 0.474. The molecule has 0 fully saturated rings. The average molecular weight is 304 g/mol. The second kappa shape index (κ2) is 6.02. The molecule has 0 spiro atoms. The van der Waals surface area contributed by atoms with Crippen molar-refractivity contribution in [2.24, 2.45) is 0 Å². The molecule has 0 radical (unpaired) electrons. The van der Waals surface area contributed by atoms with Crippen LogP contribution in [-0.2, 0) is 23.0 Å². The van der Waals surface area contributed by atoms with Crippen molar-refractivity contribution in [2.45, 2.75) is 23.0 Å². The van der Waals surface area contributed by atoms with Crippen molar-refractivity contribution in [2.75, 3.05) is 0 Å². The van der Waals surface area contributed by atoms with Crippen LogP contribution in [0.3, 0.4) is 0 Å². The maximum Gasteiger partial charge on any atom is 0.116 e. The molecule has 3 rings (SSSR count). The molecule has 4 heteroatoms. The maximum absolute atomic E-state index is 9.78. The quantitative estimate of drug-likeness (QED) is 0.762. The summed E-state index contributed by atoms with van der Waals surface area (Å²) in [5, 5.41) is 19.6. The Morgan fingerprint density at radius 1 is 0.550 bits per heavy atom. The summed E-state index contributed by atoms with van der Waals surface area (Å²) in [6.07, 6.45) is 0. The maximum atomic E-state index is 9.78. The van der Waals surface area contributed by atoms with Crippen LogP contribution >= 0.6 is 23.5 Å². The van der Waals surface area contributed by atoms with Crippen LogP contribution in [-0.4, -0.2) is 10.2 Å². The average Bonchev–Trinajstić information content (AvgIpc) is 2.36. The van der Waals surface area contributed by atoms with Gasteiger partial charge < -0.3 is 10.2 Å². The Hall–Kier alpha value is -1.26. The Labute approximate surface area is 127 Å². The van der Waals surface area contributed by atoms with Gasteiger partial charge in [0.2, 0.25) is 0 Å². The van der Waals surface area contributed by atoms with E-state index in [0.29, 0.717) is 11.5 Å². The molecule has 1 aliphatic heterocycles. The first-order valence-electron chi connectivity index (χ1n) is 6.48. The van der Waals surface area contributed by atoms with Crippen molar-refractivity contribution in [1.29, 1.82) is 0 Å². The van der Waals surface area contributed by atoms with Gasteiger partial charge in [0, 0.05) is 23.0 Å². The first-order chi connectivity index (χ1) is 9.69. The fourth-order valence-corrected chi connectivity index (χ4v) is 4.21. The highest BCUT2D eigenvalue weighted by atomic mass is 32.2. The van der Waals surface area contributed by atoms with Crippen molar-refractivity contribution in [3.63, 3.8) is 0 Å². The highest BCUT2D eigenvalue weighted by molar-refractivity contribution is 7.98. The van der Waals surface area contributed by atoms with E-state index >= 15 is 0 Å². The van der Waals surface area contributed by atoms with Crippen molar-refractivity contribution in [1.82, 2.24) is 0 Å². The molecule has 0 unspecified atom stereocenters. The number of aromatic hydroxyl groups is 2. The summed E-state index contributed by atoms with van der Waals surface area (Å²) in [5.41, 5.74) is 4.64. The van der Waals surface area contributed by atoms with Crippen molar-refractivity contribution in [3.8, 4) is 11.5 Å². The molecular weight excluding hydrogens is 288 g/mol. The van der Waals surface area contributed by atoms with Gasteiger partial charge in [-0.25, -0.2) is 0 Å². The lowest BCUT2D eigenvalue weighted by atomic mass is 10.1. The fraction of sp³-hybridized carbons (Fsp3) is 0.250. The number of fused-ring (bicyclic) bond motifs is 4. The molecule has 2 nitrogen and oxygen atoms in total. The predicted molar refractivity (Wildman–Crippen MR) is 86.2 cm³/mol. The number of phenolic OH excluding ortho intramolecular Hbond substituents is 2. The molecule has 0 saturated carbocycles. The Morgan fingerprint density at radius 2 is 0.850 bits per heavy atom. The van der Waals surface area contributed by atoms with E-state index in [0.717, 1.165) is 45.3 Å². The second-order valence-electron chi connectivity index (χ2n) is 5.00. The van der Waals surface area contributed by atoms with Crippen molar-refractivity contribution < 1.29 is 10.2 Å².